The van der Waals surface area contributed by atoms with Crippen LogP contribution in [0, 0.1) is 5.82 Å². The molecule has 0 fully saturated rings. The van der Waals surface area contributed by atoms with Crippen LogP contribution in [-0.2, 0) is 6.18 Å². The van der Waals surface area contributed by atoms with Crippen molar-refractivity contribution < 1.29 is 40.3 Å². The maximum Gasteiger partial charge on any atom is 0.416 e. The predicted octanol–water partition coefficient (Wildman–Crippen LogP) is 5.07. The van der Waals surface area contributed by atoms with Gasteiger partial charge in [-0.3, -0.25) is 4.79 Å². The van der Waals surface area contributed by atoms with Crippen LogP contribution in [-0.4, -0.2) is 39.3 Å². The maximum atomic E-state index is 13.9. The summed E-state index contributed by atoms with van der Waals surface area (Å²) in [6.07, 6.45) is -7.14. The lowest BCUT2D eigenvalue weighted by Gasteiger charge is -2.12. The highest BCUT2D eigenvalue weighted by molar-refractivity contribution is 6.07. The molecule has 0 aliphatic heterocycles. The minimum absolute atomic E-state index is 0.0698. The standard InChI is InChI=1S/C23H16F7N7O2/c24-15-6-3-12(23(28,29)30)7-16(15)36-21(39)35-13-4-1-11(2-5-13)17-14(20(38)32-9-22(25,26)27)8-37-18(17)19(31)33-10-34-37/h1-8,10H,9H2,(H,32,38)(H2,31,33,34)(H2,35,36,39). The molecule has 0 radical (unpaired) electrons. The van der Waals surface area contributed by atoms with Crippen molar-refractivity contribution in [3.8, 4) is 11.1 Å². The summed E-state index contributed by atoms with van der Waals surface area (Å²) in [7, 11) is 0. The van der Waals surface area contributed by atoms with Gasteiger partial charge in [-0.25, -0.2) is 18.7 Å². The molecule has 0 aliphatic rings. The molecule has 204 valence electrons. The molecule has 0 saturated heterocycles. The Balaban J connectivity index is 1.59. The Morgan fingerprint density at radius 3 is 2.31 bits per heavy atom. The number of nitrogens with one attached hydrogen (secondary N) is 3. The predicted molar refractivity (Wildman–Crippen MR) is 125 cm³/mol. The minimum atomic E-state index is -4.75. The molecule has 4 aromatic rings. The van der Waals surface area contributed by atoms with Crippen molar-refractivity contribution >= 4 is 34.6 Å². The second kappa shape index (κ2) is 10.1. The van der Waals surface area contributed by atoms with E-state index < -0.39 is 47.9 Å². The van der Waals surface area contributed by atoms with E-state index in [1.54, 1.807) is 5.32 Å². The topological polar surface area (TPSA) is 126 Å². The highest BCUT2D eigenvalue weighted by Crippen LogP contribution is 2.34. The van der Waals surface area contributed by atoms with E-state index >= 15 is 0 Å². The van der Waals surface area contributed by atoms with Gasteiger partial charge in [-0.1, -0.05) is 12.1 Å². The Hall–Kier alpha value is -4.89. The van der Waals surface area contributed by atoms with E-state index in [-0.39, 0.29) is 33.7 Å². The number of hydrogen-bond acceptors (Lipinski definition) is 5. The number of hydrogen-bond donors (Lipinski definition) is 4. The molecule has 2 aromatic heterocycles. The van der Waals surface area contributed by atoms with Crippen molar-refractivity contribution in [1.29, 1.82) is 0 Å². The molecule has 39 heavy (non-hydrogen) atoms. The number of amides is 3. The Morgan fingerprint density at radius 1 is 0.974 bits per heavy atom. The highest BCUT2D eigenvalue weighted by Gasteiger charge is 2.32. The second-order valence-corrected chi connectivity index (χ2v) is 8.00. The van der Waals surface area contributed by atoms with E-state index in [9.17, 15) is 40.3 Å². The molecule has 5 N–H and O–H groups in total. The van der Waals surface area contributed by atoms with E-state index in [4.69, 9.17) is 5.73 Å². The van der Waals surface area contributed by atoms with Crippen LogP contribution in [0.4, 0.5) is 52.7 Å². The van der Waals surface area contributed by atoms with Gasteiger partial charge in [-0.05, 0) is 35.9 Å². The number of nitrogens with two attached hydrogens (primary N) is 1. The minimum Gasteiger partial charge on any atom is -0.382 e. The number of urea groups is 1. The van der Waals surface area contributed by atoms with Gasteiger partial charge in [0.1, 0.15) is 24.2 Å². The number of carbonyl (C=O) groups is 2. The number of carbonyl (C=O) groups excluding carboxylic acids is 2. The van der Waals surface area contributed by atoms with Crippen molar-refractivity contribution in [3.63, 3.8) is 0 Å². The van der Waals surface area contributed by atoms with Gasteiger partial charge in [-0.15, -0.1) is 0 Å². The Kier molecular flexibility index (Phi) is 7.04. The summed E-state index contributed by atoms with van der Waals surface area (Å²) in [5.74, 6) is -2.22. The van der Waals surface area contributed by atoms with Crippen LogP contribution in [0.3, 0.4) is 0 Å². The highest BCUT2D eigenvalue weighted by atomic mass is 19.4. The van der Waals surface area contributed by atoms with Crippen LogP contribution in [0.25, 0.3) is 16.6 Å². The van der Waals surface area contributed by atoms with Gasteiger partial charge in [0, 0.05) is 17.4 Å². The zero-order valence-electron chi connectivity index (χ0n) is 19.3. The summed E-state index contributed by atoms with van der Waals surface area (Å²) in [6, 6.07) is 5.92. The molecule has 0 aliphatic carbocycles. The molecule has 3 amide bonds. The fraction of sp³-hybridized carbons (Fsp3) is 0.130. The molecule has 0 bridgehead atoms. The third-order valence-electron chi connectivity index (χ3n) is 5.27. The smallest absolute Gasteiger partial charge is 0.382 e. The number of rotatable bonds is 5. The van der Waals surface area contributed by atoms with Gasteiger partial charge in [0.05, 0.1) is 16.8 Å². The molecular formula is C23H16F7N7O2. The lowest BCUT2D eigenvalue weighted by molar-refractivity contribution is -0.137. The maximum absolute atomic E-state index is 13.9. The summed E-state index contributed by atoms with van der Waals surface area (Å²) < 4.78 is 91.7. The summed E-state index contributed by atoms with van der Waals surface area (Å²) in [4.78, 5) is 28.7. The first-order chi connectivity index (χ1) is 18.2. The number of benzene rings is 2. The molecule has 0 spiro atoms. The van der Waals surface area contributed by atoms with Gasteiger partial charge in [0.2, 0.25) is 0 Å². The Labute approximate surface area is 213 Å². The first-order valence-electron chi connectivity index (χ1n) is 10.7. The summed E-state index contributed by atoms with van der Waals surface area (Å²) >= 11 is 0. The van der Waals surface area contributed by atoms with Gasteiger partial charge in [0.25, 0.3) is 5.91 Å². The number of aromatic nitrogens is 3. The van der Waals surface area contributed by atoms with Crippen molar-refractivity contribution in [2.75, 3.05) is 22.9 Å². The molecule has 2 heterocycles. The van der Waals surface area contributed by atoms with E-state index in [2.05, 4.69) is 15.4 Å². The second-order valence-electron chi connectivity index (χ2n) is 8.00. The molecule has 0 atom stereocenters. The quantitative estimate of drug-likeness (QED) is 0.256. The average molecular weight is 555 g/mol. The van der Waals surface area contributed by atoms with Gasteiger partial charge < -0.3 is 21.7 Å². The van der Waals surface area contributed by atoms with Crippen LogP contribution in [0.2, 0.25) is 0 Å². The van der Waals surface area contributed by atoms with Crippen LogP contribution in [0.15, 0.2) is 55.0 Å². The summed E-state index contributed by atoms with van der Waals surface area (Å²) in [6.45, 7) is -1.58. The van der Waals surface area contributed by atoms with E-state index in [1.165, 1.54) is 35.0 Å². The van der Waals surface area contributed by atoms with E-state index in [1.807, 2.05) is 5.32 Å². The lowest BCUT2D eigenvalue weighted by Crippen LogP contribution is -2.33. The number of halogens is 7. The van der Waals surface area contributed by atoms with Crippen molar-refractivity contribution in [1.82, 2.24) is 19.9 Å². The van der Waals surface area contributed by atoms with E-state index in [0.717, 1.165) is 6.33 Å². The van der Waals surface area contributed by atoms with Gasteiger partial charge >= 0.3 is 18.4 Å². The zero-order chi connectivity index (χ0) is 28.5. The number of anilines is 3. The van der Waals surface area contributed by atoms with Crippen LogP contribution < -0.4 is 21.7 Å². The van der Waals surface area contributed by atoms with Crippen molar-refractivity contribution in [3.05, 3.63) is 71.9 Å². The summed E-state index contributed by atoms with van der Waals surface area (Å²) in [5.41, 5.74) is 4.49. The fourth-order valence-corrected chi connectivity index (χ4v) is 3.58. The first-order valence-corrected chi connectivity index (χ1v) is 10.7. The van der Waals surface area contributed by atoms with Gasteiger partial charge in [0.15, 0.2) is 5.82 Å². The normalized spacial score (nSPS) is 11.9. The molecule has 16 heteroatoms. The molecular weight excluding hydrogens is 539 g/mol. The number of fused-ring (bicyclic) bond motifs is 1. The average Bonchev–Trinajstić information content (AvgIpc) is 3.24. The molecule has 9 nitrogen and oxygen atoms in total. The Morgan fingerprint density at radius 2 is 1.67 bits per heavy atom. The number of nitrogens with zero attached hydrogens (tertiary/aromatic N) is 3. The third kappa shape index (κ3) is 6.16. The van der Waals surface area contributed by atoms with Gasteiger partial charge in [-0.2, -0.15) is 31.4 Å². The van der Waals surface area contributed by atoms with Crippen molar-refractivity contribution in [2.24, 2.45) is 0 Å². The van der Waals surface area contributed by atoms with Crippen LogP contribution >= 0.6 is 0 Å². The number of nitrogen functional groups attached to an aromatic ring is 1. The lowest BCUT2D eigenvalue weighted by atomic mass is 10.0. The number of alkyl halides is 6. The molecule has 0 saturated carbocycles. The first kappa shape index (κ1) is 27.2. The van der Waals surface area contributed by atoms with Crippen molar-refractivity contribution in [2.45, 2.75) is 12.4 Å². The van der Waals surface area contributed by atoms with E-state index in [0.29, 0.717) is 18.2 Å². The largest absolute Gasteiger partial charge is 0.416 e. The van der Waals surface area contributed by atoms with Crippen LogP contribution in [0.1, 0.15) is 15.9 Å². The molecule has 0 unspecified atom stereocenters. The molecule has 2 aromatic carbocycles. The molecule has 4 rings (SSSR count). The fourth-order valence-electron chi connectivity index (χ4n) is 3.58. The zero-order valence-corrected chi connectivity index (χ0v) is 19.3. The SMILES string of the molecule is Nc1ncnn2cc(C(=O)NCC(F)(F)F)c(-c3ccc(NC(=O)Nc4cc(C(F)(F)F)ccc4F)cc3)c12. The monoisotopic (exact) mass is 555 g/mol. The third-order valence-corrected chi connectivity index (χ3v) is 5.27. The Bertz CT molecular complexity index is 1550. The van der Waals surface area contributed by atoms with Crippen LogP contribution in [0.5, 0.6) is 0 Å². The summed E-state index contributed by atoms with van der Waals surface area (Å²) in [5, 5.41) is 10.0.